The lowest BCUT2D eigenvalue weighted by atomic mass is 9.98. The van der Waals surface area contributed by atoms with Crippen LogP contribution in [0.3, 0.4) is 0 Å². The predicted octanol–water partition coefficient (Wildman–Crippen LogP) is 2.96. The summed E-state index contributed by atoms with van der Waals surface area (Å²) in [6.07, 6.45) is 1.20. The van der Waals surface area contributed by atoms with E-state index in [4.69, 9.17) is 4.74 Å². The van der Waals surface area contributed by atoms with Crippen molar-refractivity contribution in [1.82, 2.24) is 4.98 Å². The highest BCUT2D eigenvalue weighted by atomic mass is 16.5. The first-order valence-electron chi connectivity index (χ1n) is 7.66. The van der Waals surface area contributed by atoms with Gasteiger partial charge in [0.2, 0.25) is 0 Å². The number of nitrogens with one attached hydrogen (secondary N) is 1. The lowest BCUT2D eigenvalue weighted by molar-refractivity contribution is -0.125. The van der Waals surface area contributed by atoms with E-state index in [1.807, 2.05) is 36.4 Å². The highest BCUT2D eigenvalue weighted by Gasteiger charge is 2.31. The molecule has 1 aromatic heterocycles. The molecule has 0 spiro atoms. The molecule has 0 aliphatic carbocycles. The number of cyclic esters (lactones) is 1. The Morgan fingerprint density at radius 3 is 2.83 bits per heavy atom. The molecule has 24 heavy (non-hydrogen) atoms. The third kappa shape index (κ3) is 2.50. The fourth-order valence-electron chi connectivity index (χ4n) is 2.90. The van der Waals surface area contributed by atoms with Gasteiger partial charge in [-0.2, -0.15) is 0 Å². The highest BCUT2D eigenvalue weighted by Crippen LogP contribution is 2.24. The van der Waals surface area contributed by atoms with Crippen LogP contribution in [0.2, 0.25) is 0 Å². The van der Waals surface area contributed by atoms with Crippen LogP contribution < -0.4 is 5.32 Å². The minimum absolute atomic E-state index is 0.351. The van der Waals surface area contributed by atoms with Gasteiger partial charge in [-0.1, -0.05) is 36.4 Å². The molecule has 5 heteroatoms. The van der Waals surface area contributed by atoms with E-state index in [-0.39, 0.29) is 5.91 Å². The first-order valence-corrected chi connectivity index (χ1v) is 7.66. The molecule has 118 valence electrons. The number of nitrogens with zero attached hydrogens (tertiary/aromatic N) is 1. The summed E-state index contributed by atoms with van der Waals surface area (Å²) < 4.78 is 5.29. The number of carbonyl (C=O) groups excluding carboxylic acids is 2. The van der Waals surface area contributed by atoms with Crippen LogP contribution in [0, 0.1) is 0 Å². The Kier molecular flexibility index (Phi) is 3.46. The summed E-state index contributed by atoms with van der Waals surface area (Å²) in [5.41, 5.74) is 2.65. The van der Waals surface area contributed by atoms with E-state index < -0.39 is 12.1 Å². The zero-order chi connectivity index (χ0) is 16.5. The van der Waals surface area contributed by atoms with Gasteiger partial charge in [0.25, 0.3) is 5.91 Å². The molecule has 1 N–H and O–H groups in total. The van der Waals surface area contributed by atoms with Crippen molar-refractivity contribution >= 4 is 28.5 Å². The molecule has 4 rings (SSSR count). The van der Waals surface area contributed by atoms with Gasteiger partial charge in [-0.05, 0) is 23.8 Å². The number of hydrogen-bond acceptors (Lipinski definition) is 4. The molecule has 0 saturated carbocycles. The van der Waals surface area contributed by atoms with Crippen LogP contribution in [-0.4, -0.2) is 23.0 Å². The van der Waals surface area contributed by atoms with Gasteiger partial charge in [0.05, 0.1) is 16.8 Å². The third-order valence-corrected chi connectivity index (χ3v) is 4.07. The Hall–Kier alpha value is -3.21. The predicted molar refractivity (Wildman–Crippen MR) is 89.7 cm³/mol. The SMILES string of the molecule is O=C1O[C@H](C(=O)Nc2cccc3cccnc23)Cc2ccccc21. The topological polar surface area (TPSA) is 68.3 Å². The fourth-order valence-corrected chi connectivity index (χ4v) is 2.90. The maximum atomic E-state index is 12.6. The van der Waals surface area contributed by atoms with Gasteiger partial charge in [0.15, 0.2) is 6.10 Å². The first-order chi connectivity index (χ1) is 11.7. The summed E-state index contributed by atoms with van der Waals surface area (Å²) in [5.74, 6) is -0.816. The molecule has 1 atom stereocenters. The monoisotopic (exact) mass is 318 g/mol. The second-order valence-electron chi connectivity index (χ2n) is 5.63. The maximum Gasteiger partial charge on any atom is 0.339 e. The number of fused-ring (bicyclic) bond motifs is 2. The van der Waals surface area contributed by atoms with E-state index in [1.54, 1.807) is 24.4 Å². The third-order valence-electron chi connectivity index (χ3n) is 4.07. The molecular formula is C19H14N2O3. The van der Waals surface area contributed by atoms with Gasteiger partial charge >= 0.3 is 5.97 Å². The number of hydrogen-bond donors (Lipinski definition) is 1. The summed E-state index contributed by atoms with van der Waals surface area (Å²) in [6.45, 7) is 0. The number of carbonyl (C=O) groups is 2. The number of rotatable bonds is 2. The van der Waals surface area contributed by atoms with Gasteiger partial charge in [-0.15, -0.1) is 0 Å². The number of aromatic nitrogens is 1. The van der Waals surface area contributed by atoms with Crippen molar-refractivity contribution in [2.24, 2.45) is 0 Å². The Balaban J connectivity index is 1.60. The molecule has 1 amide bonds. The molecule has 1 aliphatic heterocycles. The number of anilines is 1. The van der Waals surface area contributed by atoms with E-state index in [0.717, 1.165) is 10.9 Å². The Morgan fingerprint density at radius 1 is 1.08 bits per heavy atom. The van der Waals surface area contributed by atoms with E-state index in [1.165, 1.54) is 0 Å². The summed E-state index contributed by atoms with van der Waals surface area (Å²) in [7, 11) is 0. The van der Waals surface area contributed by atoms with Gasteiger partial charge in [0, 0.05) is 18.0 Å². The minimum atomic E-state index is -0.841. The molecule has 0 saturated heterocycles. The minimum Gasteiger partial charge on any atom is -0.448 e. The van der Waals surface area contributed by atoms with Gasteiger partial charge in [-0.25, -0.2) is 4.79 Å². The van der Waals surface area contributed by atoms with Crippen LogP contribution in [0.5, 0.6) is 0 Å². The second-order valence-corrected chi connectivity index (χ2v) is 5.63. The first kappa shape index (κ1) is 14.4. The smallest absolute Gasteiger partial charge is 0.339 e. The largest absolute Gasteiger partial charge is 0.448 e. The Morgan fingerprint density at radius 2 is 1.92 bits per heavy atom. The highest BCUT2D eigenvalue weighted by molar-refractivity contribution is 6.04. The lowest BCUT2D eigenvalue weighted by Crippen LogP contribution is -2.38. The number of pyridine rings is 1. The molecule has 0 radical (unpaired) electrons. The molecular weight excluding hydrogens is 304 g/mol. The quantitative estimate of drug-likeness (QED) is 0.738. The van der Waals surface area contributed by atoms with Crippen LogP contribution in [0.15, 0.2) is 60.8 Å². The number of benzene rings is 2. The lowest BCUT2D eigenvalue weighted by Gasteiger charge is -2.23. The van der Waals surface area contributed by atoms with E-state index in [0.29, 0.717) is 23.2 Å². The van der Waals surface area contributed by atoms with E-state index in [2.05, 4.69) is 10.3 Å². The molecule has 5 nitrogen and oxygen atoms in total. The molecule has 1 aliphatic rings. The fraction of sp³-hybridized carbons (Fsp3) is 0.105. The summed E-state index contributed by atoms with van der Waals surface area (Å²) in [6, 6.07) is 16.5. The maximum absolute atomic E-state index is 12.6. The number of ether oxygens (including phenoxy) is 1. The number of para-hydroxylation sites is 1. The average Bonchev–Trinajstić information content (AvgIpc) is 2.62. The number of esters is 1. The molecule has 2 aromatic carbocycles. The Bertz CT molecular complexity index is 947. The van der Waals surface area contributed by atoms with Crippen LogP contribution >= 0.6 is 0 Å². The van der Waals surface area contributed by atoms with Crippen LogP contribution in [0.25, 0.3) is 10.9 Å². The van der Waals surface area contributed by atoms with Crippen molar-refractivity contribution in [2.75, 3.05) is 5.32 Å². The molecule has 0 bridgehead atoms. The van der Waals surface area contributed by atoms with Gasteiger partial charge in [0.1, 0.15) is 0 Å². The Labute approximate surface area is 138 Å². The molecule has 0 fully saturated rings. The summed E-state index contributed by atoms with van der Waals surface area (Å²) in [5, 5.41) is 3.76. The normalized spacial score (nSPS) is 16.3. The van der Waals surface area contributed by atoms with Crippen molar-refractivity contribution in [3.05, 3.63) is 71.9 Å². The molecule has 2 heterocycles. The van der Waals surface area contributed by atoms with Crippen molar-refractivity contribution in [1.29, 1.82) is 0 Å². The molecule has 3 aromatic rings. The van der Waals surface area contributed by atoms with Crippen molar-refractivity contribution in [3.8, 4) is 0 Å². The second kappa shape index (κ2) is 5.77. The van der Waals surface area contributed by atoms with Crippen molar-refractivity contribution in [2.45, 2.75) is 12.5 Å². The van der Waals surface area contributed by atoms with Crippen LogP contribution in [0.1, 0.15) is 15.9 Å². The number of amides is 1. The summed E-state index contributed by atoms with van der Waals surface area (Å²) in [4.78, 5) is 28.9. The average molecular weight is 318 g/mol. The van der Waals surface area contributed by atoms with Gasteiger partial charge < -0.3 is 10.1 Å². The molecule has 0 unspecified atom stereocenters. The van der Waals surface area contributed by atoms with Crippen molar-refractivity contribution in [3.63, 3.8) is 0 Å². The van der Waals surface area contributed by atoms with Crippen LogP contribution in [-0.2, 0) is 16.0 Å². The van der Waals surface area contributed by atoms with E-state index >= 15 is 0 Å². The van der Waals surface area contributed by atoms with E-state index in [9.17, 15) is 9.59 Å². The standard InChI is InChI=1S/C19H14N2O3/c22-18(16-11-13-5-1-2-8-14(13)19(23)24-16)21-15-9-3-6-12-7-4-10-20-17(12)15/h1-10,16H,11H2,(H,21,22)/t16-/m0/s1. The summed E-state index contributed by atoms with van der Waals surface area (Å²) >= 11 is 0. The zero-order valence-corrected chi connectivity index (χ0v) is 12.7. The van der Waals surface area contributed by atoms with Gasteiger partial charge in [-0.3, -0.25) is 9.78 Å². The van der Waals surface area contributed by atoms with Crippen LogP contribution in [0.4, 0.5) is 5.69 Å². The van der Waals surface area contributed by atoms with Crippen molar-refractivity contribution < 1.29 is 14.3 Å². The zero-order valence-electron chi connectivity index (χ0n) is 12.7.